The standard InChI is InChI=1S/C10H16O2/c1-8-4-2-6-9(10(11)12)7-3-5-8/h9H,1-7H2,(H,11,12). The van der Waals surface area contributed by atoms with Gasteiger partial charge >= 0.3 is 5.97 Å². The summed E-state index contributed by atoms with van der Waals surface area (Å²) in [5.41, 5.74) is 1.29. The lowest BCUT2D eigenvalue weighted by Gasteiger charge is -2.16. The SMILES string of the molecule is C=C1CCCC(C(=O)O)CCC1. The van der Waals surface area contributed by atoms with Crippen LogP contribution in [0.25, 0.3) is 0 Å². The molecule has 1 aliphatic rings. The summed E-state index contributed by atoms with van der Waals surface area (Å²) in [5, 5.41) is 8.80. The first-order valence-electron chi connectivity index (χ1n) is 4.59. The topological polar surface area (TPSA) is 37.3 Å². The van der Waals surface area contributed by atoms with Crippen molar-refractivity contribution in [2.45, 2.75) is 38.5 Å². The Morgan fingerprint density at radius 2 is 1.83 bits per heavy atom. The lowest BCUT2D eigenvalue weighted by molar-refractivity contribution is -0.142. The summed E-state index contributed by atoms with van der Waals surface area (Å²) in [6.07, 6.45) is 5.68. The molecular formula is C10H16O2. The average Bonchev–Trinajstić information content (AvgIpc) is 1.95. The molecule has 2 heteroatoms. The van der Waals surface area contributed by atoms with E-state index >= 15 is 0 Å². The summed E-state index contributed by atoms with van der Waals surface area (Å²) in [6, 6.07) is 0. The van der Waals surface area contributed by atoms with Crippen LogP contribution in [0.3, 0.4) is 0 Å². The van der Waals surface area contributed by atoms with E-state index in [0.29, 0.717) is 0 Å². The molecular weight excluding hydrogens is 152 g/mol. The highest BCUT2D eigenvalue weighted by Crippen LogP contribution is 2.24. The first-order valence-corrected chi connectivity index (χ1v) is 4.59. The van der Waals surface area contributed by atoms with E-state index in [9.17, 15) is 4.79 Å². The number of hydrogen-bond acceptors (Lipinski definition) is 1. The largest absolute Gasteiger partial charge is 0.481 e. The fourth-order valence-corrected chi connectivity index (χ4v) is 1.71. The predicted molar refractivity (Wildman–Crippen MR) is 48.0 cm³/mol. The van der Waals surface area contributed by atoms with E-state index < -0.39 is 5.97 Å². The second-order valence-electron chi connectivity index (χ2n) is 3.57. The molecule has 0 bridgehead atoms. The highest BCUT2D eigenvalue weighted by atomic mass is 16.4. The van der Waals surface area contributed by atoms with E-state index in [1.54, 1.807) is 0 Å². The minimum absolute atomic E-state index is 0.0990. The molecule has 0 amide bonds. The summed E-state index contributed by atoms with van der Waals surface area (Å²) in [5.74, 6) is -0.722. The summed E-state index contributed by atoms with van der Waals surface area (Å²) in [7, 11) is 0. The zero-order valence-corrected chi connectivity index (χ0v) is 7.38. The Bertz CT molecular complexity index is 172. The van der Waals surface area contributed by atoms with Crippen molar-refractivity contribution in [2.75, 3.05) is 0 Å². The normalized spacial score (nSPS) is 21.5. The van der Waals surface area contributed by atoms with Crippen LogP contribution in [0.2, 0.25) is 0 Å². The van der Waals surface area contributed by atoms with E-state index in [2.05, 4.69) is 6.58 Å². The molecule has 0 aliphatic heterocycles. The second kappa shape index (κ2) is 4.29. The van der Waals surface area contributed by atoms with Gasteiger partial charge < -0.3 is 5.11 Å². The molecule has 0 radical (unpaired) electrons. The molecule has 1 saturated carbocycles. The fraction of sp³-hybridized carbons (Fsp3) is 0.700. The Kier molecular flexibility index (Phi) is 3.32. The Labute approximate surface area is 73.3 Å². The van der Waals surface area contributed by atoms with E-state index in [1.165, 1.54) is 5.57 Å². The number of aliphatic carboxylic acids is 1. The van der Waals surface area contributed by atoms with Gasteiger partial charge in [-0.2, -0.15) is 0 Å². The van der Waals surface area contributed by atoms with Crippen LogP contribution >= 0.6 is 0 Å². The molecule has 0 spiro atoms. The third kappa shape index (κ3) is 2.68. The Balaban J connectivity index is 2.40. The lowest BCUT2D eigenvalue weighted by Crippen LogP contribution is -2.15. The van der Waals surface area contributed by atoms with E-state index in [0.717, 1.165) is 38.5 Å². The first kappa shape index (κ1) is 9.30. The minimum Gasteiger partial charge on any atom is -0.481 e. The summed E-state index contributed by atoms with van der Waals surface area (Å²) in [4.78, 5) is 10.7. The fourth-order valence-electron chi connectivity index (χ4n) is 1.71. The molecule has 0 saturated heterocycles. The molecule has 1 rings (SSSR count). The molecule has 0 aromatic rings. The smallest absolute Gasteiger partial charge is 0.306 e. The van der Waals surface area contributed by atoms with Crippen LogP contribution in [0.4, 0.5) is 0 Å². The molecule has 1 aliphatic carbocycles. The summed E-state index contributed by atoms with van der Waals surface area (Å²) >= 11 is 0. The van der Waals surface area contributed by atoms with E-state index in [-0.39, 0.29) is 5.92 Å². The molecule has 1 N–H and O–H groups in total. The number of carboxylic acid groups (broad SMARTS) is 1. The van der Waals surface area contributed by atoms with Gasteiger partial charge in [0.25, 0.3) is 0 Å². The van der Waals surface area contributed by atoms with Crippen LogP contribution < -0.4 is 0 Å². The summed E-state index contributed by atoms with van der Waals surface area (Å²) in [6.45, 7) is 3.94. The van der Waals surface area contributed by atoms with Crippen LogP contribution in [0.5, 0.6) is 0 Å². The quantitative estimate of drug-likeness (QED) is 0.611. The molecule has 0 atom stereocenters. The molecule has 1 fully saturated rings. The van der Waals surface area contributed by atoms with Crippen molar-refractivity contribution in [3.8, 4) is 0 Å². The first-order chi connectivity index (χ1) is 5.70. The van der Waals surface area contributed by atoms with Crippen molar-refractivity contribution in [2.24, 2.45) is 5.92 Å². The monoisotopic (exact) mass is 168 g/mol. The molecule has 12 heavy (non-hydrogen) atoms. The van der Waals surface area contributed by atoms with Crippen molar-refractivity contribution < 1.29 is 9.90 Å². The molecule has 68 valence electrons. The third-order valence-electron chi connectivity index (χ3n) is 2.52. The van der Waals surface area contributed by atoms with Gasteiger partial charge in [0.05, 0.1) is 5.92 Å². The Morgan fingerprint density at radius 1 is 1.33 bits per heavy atom. The van der Waals surface area contributed by atoms with E-state index in [1.807, 2.05) is 0 Å². The highest BCUT2D eigenvalue weighted by molar-refractivity contribution is 5.69. The lowest BCUT2D eigenvalue weighted by atomic mass is 9.89. The molecule has 2 nitrogen and oxygen atoms in total. The number of rotatable bonds is 1. The van der Waals surface area contributed by atoms with Gasteiger partial charge in [0.15, 0.2) is 0 Å². The maximum atomic E-state index is 10.7. The Hall–Kier alpha value is -0.790. The number of carbonyl (C=O) groups is 1. The second-order valence-corrected chi connectivity index (χ2v) is 3.57. The van der Waals surface area contributed by atoms with Crippen LogP contribution in [0.1, 0.15) is 38.5 Å². The number of allylic oxidation sites excluding steroid dienone is 1. The maximum absolute atomic E-state index is 10.7. The molecule has 0 aromatic carbocycles. The Morgan fingerprint density at radius 3 is 2.25 bits per heavy atom. The van der Waals surface area contributed by atoms with Crippen molar-refractivity contribution in [1.82, 2.24) is 0 Å². The van der Waals surface area contributed by atoms with Gasteiger partial charge in [-0.1, -0.05) is 12.2 Å². The predicted octanol–water partition coefficient (Wildman–Crippen LogP) is 2.60. The van der Waals surface area contributed by atoms with Crippen molar-refractivity contribution in [1.29, 1.82) is 0 Å². The number of carboxylic acids is 1. The van der Waals surface area contributed by atoms with Crippen LogP contribution in [0.15, 0.2) is 12.2 Å². The van der Waals surface area contributed by atoms with Gasteiger partial charge in [-0.05, 0) is 38.5 Å². The highest BCUT2D eigenvalue weighted by Gasteiger charge is 2.18. The van der Waals surface area contributed by atoms with Gasteiger partial charge in [-0.3, -0.25) is 4.79 Å². The number of hydrogen-bond donors (Lipinski definition) is 1. The third-order valence-corrected chi connectivity index (χ3v) is 2.52. The van der Waals surface area contributed by atoms with E-state index in [4.69, 9.17) is 5.11 Å². The van der Waals surface area contributed by atoms with Crippen LogP contribution in [-0.4, -0.2) is 11.1 Å². The van der Waals surface area contributed by atoms with Gasteiger partial charge in [-0.25, -0.2) is 0 Å². The van der Waals surface area contributed by atoms with Crippen LogP contribution in [-0.2, 0) is 4.79 Å². The zero-order valence-electron chi connectivity index (χ0n) is 7.38. The van der Waals surface area contributed by atoms with Crippen molar-refractivity contribution >= 4 is 5.97 Å². The van der Waals surface area contributed by atoms with Gasteiger partial charge in [-0.15, -0.1) is 0 Å². The summed E-state index contributed by atoms with van der Waals surface area (Å²) < 4.78 is 0. The molecule has 0 aromatic heterocycles. The van der Waals surface area contributed by atoms with Gasteiger partial charge in [0.2, 0.25) is 0 Å². The zero-order chi connectivity index (χ0) is 8.97. The van der Waals surface area contributed by atoms with Crippen molar-refractivity contribution in [3.63, 3.8) is 0 Å². The maximum Gasteiger partial charge on any atom is 0.306 e. The molecule has 0 heterocycles. The van der Waals surface area contributed by atoms with Crippen LogP contribution in [0, 0.1) is 5.92 Å². The van der Waals surface area contributed by atoms with Crippen molar-refractivity contribution in [3.05, 3.63) is 12.2 Å². The van der Waals surface area contributed by atoms with Gasteiger partial charge in [0.1, 0.15) is 0 Å². The molecule has 0 unspecified atom stereocenters. The minimum atomic E-state index is -0.623. The average molecular weight is 168 g/mol. The van der Waals surface area contributed by atoms with Gasteiger partial charge in [0, 0.05) is 0 Å².